The van der Waals surface area contributed by atoms with Gasteiger partial charge in [0.05, 0.1) is 6.21 Å². The van der Waals surface area contributed by atoms with Crippen LogP contribution in [0.1, 0.15) is 20.3 Å². The minimum absolute atomic E-state index is 0.275. The quantitative estimate of drug-likeness (QED) is 0.545. The molecule has 15 heavy (non-hydrogen) atoms. The fourth-order valence-corrected chi connectivity index (χ4v) is 0.545. The number of aliphatic carboxylic acids is 1. The zero-order valence-corrected chi connectivity index (χ0v) is 9.47. The lowest BCUT2D eigenvalue weighted by molar-refractivity contribution is -0.137. The molecule has 5 heteroatoms. The second kappa shape index (κ2) is 10.4. The van der Waals surface area contributed by atoms with E-state index in [-0.39, 0.29) is 12.3 Å². The highest BCUT2D eigenvalue weighted by molar-refractivity contribution is 5.83. The van der Waals surface area contributed by atoms with E-state index in [2.05, 4.69) is 16.6 Å². The Kier molecular flexibility index (Phi) is 11.0. The van der Waals surface area contributed by atoms with Crippen LogP contribution < -0.4 is 5.73 Å². The molecular formula is C10H19N3O2. The molecule has 0 aromatic carbocycles. The smallest absolute Gasteiger partial charge is 0.303 e. The summed E-state index contributed by atoms with van der Waals surface area (Å²) >= 11 is 0. The summed E-state index contributed by atoms with van der Waals surface area (Å²) in [5, 5.41) is 8.08. The van der Waals surface area contributed by atoms with Crippen LogP contribution in [0.3, 0.4) is 0 Å². The van der Waals surface area contributed by atoms with E-state index in [1.165, 1.54) is 12.6 Å². The summed E-state index contributed by atoms with van der Waals surface area (Å²) in [6.45, 7) is 7.16. The molecule has 0 aliphatic heterocycles. The van der Waals surface area contributed by atoms with Crippen LogP contribution in [0.25, 0.3) is 0 Å². The van der Waals surface area contributed by atoms with Crippen LogP contribution in [-0.4, -0.2) is 30.7 Å². The minimum Gasteiger partial charge on any atom is -0.481 e. The van der Waals surface area contributed by atoms with Crippen molar-refractivity contribution in [3.05, 3.63) is 12.3 Å². The number of carboxylic acids is 1. The first-order valence-electron chi connectivity index (χ1n) is 4.50. The van der Waals surface area contributed by atoms with E-state index < -0.39 is 5.97 Å². The molecule has 0 aliphatic rings. The summed E-state index contributed by atoms with van der Waals surface area (Å²) < 4.78 is 0. The third kappa shape index (κ3) is 24.5. The van der Waals surface area contributed by atoms with Crippen LogP contribution in [-0.2, 0) is 4.79 Å². The van der Waals surface area contributed by atoms with E-state index in [1.807, 2.05) is 13.8 Å². The molecule has 0 heterocycles. The second-order valence-electron chi connectivity index (χ2n) is 3.22. The third-order valence-electron chi connectivity index (χ3n) is 1.01. The first kappa shape index (κ1) is 15.8. The van der Waals surface area contributed by atoms with Gasteiger partial charge in [-0.15, -0.1) is 0 Å². The van der Waals surface area contributed by atoms with Gasteiger partial charge in [0.25, 0.3) is 0 Å². The largest absolute Gasteiger partial charge is 0.481 e. The van der Waals surface area contributed by atoms with E-state index in [4.69, 9.17) is 10.8 Å². The molecule has 0 aliphatic carbocycles. The highest BCUT2D eigenvalue weighted by atomic mass is 16.4. The van der Waals surface area contributed by atoms with Crippen molar-refractivity contribution in [3.63, 3.8) is 0 Å². The average molecular weight is 213 g/mol. The summed E-state index contributed by atoms with van der Waals surface area (Å²) in [5.41, 5.74) is 5.56. The molecule has 0 aromatic rings. The molecule has 0 bridgehead atoms. The molecule has 0 saturated carbocycles. The summed E-state index contributed by atoms with van der Waals surface area (Å²) in [4.78, 5) is 17.0. The zero-order valence-electron chi connectivity index (χ0n) is 9.47. The Labute approximate surface area is 90.4 Å². The SMILES string of the molecule is C=C(N)C=NC=NC.CC(C)CC(=O)O. The highest BCUT2D eigenvalue weighted by Gasteiger charge is 1.98. The van der Waals surface area contributed by atoms with Crippen LogP contribution >= 0.6 is 0 Å². The van der Waals surface area contributed by atoms with Gasteiger partial charge in [-0.3, -0.25) is 9.79 Å². The molecule has 86 valence electrons. The predicted octanol–water partition coefficient (Wildman–Crippen LogP) is 1.30. The van der Waals surface area contributed by atoms with Crippen molar-refractivity contribution in [2.24, 2.45) is 21.6 Å². The molecule has 0 amide bonds. The van der Waals surface area contributed by atoms with Crippen molar-refractivity contribution in [1.29, 1.82) is 0 Å². The number of carbonyl (C=O) groups is 1. The summed E-state index contributed by atoms with van der Waals surface area (Å²) in [5.74, 6) is -0.438. The maximum Gasteiger partial charge on any atom is 0.303 e. The van der Waals surface area contributed by atoms with E-state index in [0.29, 0.717) is 5.70 Å². The molecule has 0 unspecified atom stereocenters. The highest BCUT2D eigenvalue weighted by Crippen LogP contribution is 1.96. The van der Waals surface area contributed by atoms with Gasteiger partial charge in [-0.2, -0.15) is 0 Å². The predicted molar refractivity (Wildman–Crippen MR) is 63.3 cm³/mol. The van der Waals surface area contributed by atoms with Crippen molar-refractivity contribution in [1.82, 2.24) is 0 Å². The second-order valence-corrected chi connectivity index (χ2v) is 3.22. The third-order valence-corrected chi connectivity index (χ3v) is 1.01. The van der Waals surface area contributed by atoms with Crippen LogP contribution in [0.5, 0.6) is 0 Å². The first-order valence-corrected chi connectivity index (χ1v) is 4.50. The maximum atomic E-state index is 9.81. The van der Waals surface area contributed by atoms with E-state index >= 15 is 0 Å². The number of nitrogens with zero attached hydrogens (tertiary/aromatic N) is 2. The maximum absolute atomic E-state index is 9.81. The Morgan fingerprint density at radius 1 is 1.60 bits per heavy atom. The standard InChI is InChI=1S/C5H9N3.C5H10O2/c1-5(6)3-8-4-7-2;1-4(2)3-5(6)7/h3-4H,1,6H2,2H3;4H,3H2,1-2H3,(H,6,7). The number of carboxylic acid groups (broad SMARTS) is 1. The molecule has 0 spiro atoms. The normalized spacial score (nSPS) is 10.4. The van der Waals surface area contributed by atoms with Gasteiger partial charge >= 0.3 is 5.97 Å². The summed E-state index contributed by atoms with van der Waals surface area (Å²) in [7, 11) is 1.64. The average Bonchev–Trinajstić information content (AvgIpc) is 2.02. The fourth-order valence-electron chi connectivity index (χ4n) is 0.545. The minimum atomic E-state index is -0.713. The van der Waals surface area contributed by atoms with Crippen LogP contribution in [0.2, 0.25) is 0 Å². The van der Waals surface area contributed by atoms with E-state index in [0.717, 1.165) is 0 Å². The lowest BCUT2D eigenvalue weighted by atomic mass is 10.1. The molecule has 0 saturated heterocycles. The fraction of sp³-hybridized carbons (Fsp3) is 0.500. The molecule has 0 radical (unpaired) electrons. The van der Waals surface area contributed by atoms with Gasteiger partial charge < -0.3 is 10.8 Å². The Morgan fingerprint density at radius 3 is 2.33 bits per heavy atom. The van der Waals surface area contributed by atoms with Crippen molar-refractivity contribution in [3.8, 4) is 0 Å². The van der Waals surface area contributed by atoms with Crippen molar-refractivity contribution < 1.29 is 9.90 Å². The Balaban J connectivity index is 0. The van der Waals surface area contributed by atoms with Gasteiger partial charge in [0.15, 0.2) is 0 Å². The van der Waals surface area contributed by atoms with Gasteiger partial charge in [0.2, 0.25) is 0 Å². The van der Waals surface area contributed by atoms with Gasteiger partial charge in [-0.05, 0) is 5.92 Å². The Hall–Kier alpha value is -1.65. The lowest BCUT2D eigenvalue weighted by Gasteiger charge is -1.94. The molecule has 0 atom stereocenters. The number of hydrogen-bond acceptors (Lipinski definition) is 3. The van der Waals surface area contributed by atoms with Crippen molar-refractivity contribution >= 4 is 18.5 Å². The van der Waals surface area contributed by atoms with Crippen LogP contribution in [0.15, 0.2) is 22.3 Å². The van der Waals surface area contributed by atoms with Crippen LogP contribution in [0.4, 0.5) is 0 Å². The Bertz CT molecular complexity index is 245. The molecule has 3 N–H and O–H groups in total. The Morgan fingerprint density at radius 2 is 2.13 bits per heavy atom. The number of nitrogens with two attached hydrogens (primary N) is 1. The number of aliphatic imine (C=N–C) groups is 2. The lowest BCUT2D eigenvalue weighted by Crippen LogP contribution is -1.99. The van der Waals surface area contributed by atoms with Gasteiger partial charge in [-0.1, -0.05) is 20.4 Å². The number of hydrogen-bond donors (Lipinski definition) is 2. The molecule has 0 fully saturated rings. The van der Waals surface area contributed by atoms with Crippen LogP contribution in [0, 0.1) is 5.92 Å². The van der Waals surface area contributed by atoms with E-state index in [9.17, 15) is 4.79 Å². The number of allylic oxidation sites excluding steroid dienone is 1. The topological polar surface area (TPSA) is 88.0 Å². The van der Waals surface area contributed by atoms with Crippen molar-refractivity contribution in [2.75, 3.05) is 7.05 Å². The molecule has 5 nitrogen and oxygen atoms in total. The number of rotatable bonds is 4. The summed E-state index contributed by atoms with van der Waals surface area (Å²) in [6.07, 6.45) is 3.12. The van der Waals surface area contributed by atoms with Gasteiger partial charge in [-0.25, -0.2) is 4.99 Å². The first-order chi connectivity index (χ1) is 6.90. The monoisotopic (exact) mass is 213 g/mol. The molecule has 0 aromatic heterocycles. The molecule has 0 rings (SSSR count). The van der Waals surface area contributed by atoms with E-state index in [1.54, 1.807) is 7.05 Å². The zero-order chi connectivity index (χ0) is 12.3. The van der Waals surface area contributed by atoms with Crippen molar-refractivity contribution in [2.45, 2.75) is 20.3 Å². The summed E-state index contributed by atoms with van der Waals surface area (Å²) in [6, 6.07) is 0. The molecular weight excluding hydrogens is 194 g/mol. The van der Waals surface area contributed by atoms with Gasteiger partial charge in [0, 0.05) is 19.2 Å². The van der Waals surface area contributed by atoms with Gasteiger partial charge in [0.1, 0.15) is 6.34 Å².